The highest BCUT2D eigenvalue weighted by Crippen LogP contribution is 2.26. The second kappa shape index (κ2) is 8.90. The van der Waals surface area contributed by atoms with Gasteiger partial charge in [-0.15, -0.1) is 0 Å². The van der Waals surface area contributed by atoms with Gasteiger partial charge in [-0.2, -0.15) is 0 Å². The van der Waals surface area contributed by atoms with E-state index in [1.165, 1.54) is 7.11 Å². The topological polar surface area (TPSA) is 69.6 Å². The third-order valence-electron chi connectivity index (χ3n) is 4.43. The SMILES string of the molecule is COC(=O)c1ccc(NC(=O)CC(c2cccc(OC)c2)n2cccc2)cc1. The van der Waals surface area contributed by atoms with Gasteiger partial charge in [-0.3, -0.25) is 4.79 Å². The van der Waals surface area contributed by atoms with Crippen LogP contribution in [0.4, 0.5) is 5.69 Å². The number of carbonyl (C=O) groups is 2. The molecule has 1 N–H and O–H groups in total. The average Bonchev–Trinajstić information content (AvgIpc) is 3.26. The van der Waals surface area contributed by atoms with Gasteiger partial charge in [-0.05, 0) is 54.1 Å². The number of anilines is 1. The predicted octanol–water partition coefficient (Wildman–Crippen LogP) is 3.90. The van der Waals surface area contributed by atoms with Crippen LogP contribution < -0.4 is 10.1 Å². The number of nitrogens with one attached hydrogen (secondary N) is 1. The molecule has 1 heterocycles. The van der Waals surface area contributed by atoms with Gasteiger partial charge in [0.2, 0.25) is 5.91 Å². The zero-order chi connectivity index (χ0) is 19.9. The highest BCUT2D eigenvalue weighted by molar-refractivity contribution is 5.93. The van der Waals surface area contributed by atoms with Crippen LogP contribution >= 0.6 is 0 Å². The summed E-state index contributed by atoms with van der Waals surface area (Å²) in [5.41, 5.74) is 2.03. The molecule has 1 unspecified atom stereocenters. The lowest BCUT2D eigenvalue weighted by Crippen LogP contribution is -2.19. The molecule has 28 heavy (non-hydrogen) atoms. The lowest BCUT2D eigenvalue weighted by Gasteiger charge is -2.20. The minimum atomic E-state index is -0.413. The number of hydrogen-bond donors (Lipinski definition) is 1. The molecule has 0 aliphatic heterocycles. The minimum absolute atomic E-state index is 0.132. The average molecular weight is 378 g/mol. The van der Waals surface area contributed by atoms with Crippen LogP contribution in [0.5, 0.6) is 5.75 Å². The van der Waals surface area contributed by atoms with Gasteiger partial charge >= 0.3 is 5.97 Å². The normalized spacial score (nSPS) is 11.5. The molecule has 6 heteroatoms. The fraction of sp³-hybridized carbons (Fsp3) is 0.182. The quantitative estimate of drug-likeness (QED) is 0.633. The van der Waals surface area contributed by atoms with Crippen molar-refractivity contribution in [1.82, 2.24) is 4.57 Å². The summed E-state index contributed by atoms with van der Waals surface area (Å²) >= 11 is 0. The molecule has 0 saturated heterocycles. The number of amides is 1. The Labute approximate surface area is 163 Å². The fourth-order valence-corrected chi connectivity index (χ4v) is 2.99. The summed E-state index contributed by atoms with van der Waals surface area (Å²) < 4.78 is 12.0. The Bertz CT molecular complexity index is 933. The van der Waals surface area contributed by atoms with Crippen LogP contribution in [-0.4, -0.2) is 30.7 Å². The van der Waals surface area contributed by atoms with E-state index in [4.69, 9.17) is 4.74 Å². The first-order valence-corrected chi connectivity index (χ1v) is 8.85. The fourth-order valence-electron chi connectivity index (χ4n) is 2.99. The molecule has 6 nitrogen and oxygen atoms in total. The summed E-state index contributed by atoms with van der Waals surface area (Å²) in [6.07, 6.45) is 4.12. The second-order valence-electron chi connectivity index (χ2n) is 6.24. The molecule has 0 fully saturated rings. The molecular weight excluding hydrogens is 356 g/mol. The Morgan fingerprint density at radius 2 is 1.71 bits per heavy atom. The second-order valence-corrected chi connectivity index (χ2v) is 6.24. The molecule has 1 aromatic heterocycles. The van der Waals surface area contributed by atoms with Gasteiger partial charge in [0.1, 0.15) is 5.75 Å². The number of benzene rings is 2. The van der Waals surface area contributed by atoms with E-state index in [0.29, 0.717) is 11.3 Å². The summed E-state index contributed by atoms with van der Waals surface area (Å²) in [6.45, 7) is 0. The summed E-state index contributed by atoms with van der Waals surface area (Å²) in [5.74, 6) is 0.198. The summed E-state index contributed by atoms with van der Waals surface area (Å²) in [4.78, 5) is 24.2. The first-order chi connectivity index (χ1) is 13.6. The van der Waals surface area contributed by atoms with Crippen molar-refractivity contribution < 1.29 is 19.1 Å². The molecule has 0 spiro atoms. The molecular formula is C22H22N2O4. The Balaban J connectivity index is 1.75. The molecule has 0 aliphatic rings. The van der Waals surface area contributed by atoms with Crippen LogP contribution in [-0.2, 0) is 9.53 Å². The van der Waals surface area contributed by atoms with E-state index >= 15 is 0 Å². The van der Waals surface area contributed by atoms with Crippen molar-refractivity contribution in [2.45, 2.75) is 12.5 Å². The molecule has 0 aliphatic carbocycles. The lowest BCUT2D eigenvalue weighted by molar-refractivity contribution is -0.116. The Hall–Kier alpha value is -3.54. The number of carbonyl (C=O) groups excluding carboxylic acids is 2. The minimum Gasteiger partial charge on any atom is -0.497 e. The van der Waals surface area contributed by atoms with Crippen LogP contribution in [0.25, 0.3) is 0 Å². The van der Waals surface area contributed by atoms with E-state index in [1.54, 1.807) is 31.4 Å². The van der Waals surface area contributed by atoms with E-state index in [0.717, 1.165) is 11.3 Å². The molecule has 144 valence electrons. The van der Waals surface area contributed by atoms with Crippen molar-refractivity contribution in [3.8, 4) is 5.75 Å². The maximum atomic E-state index is 12.7. The molecule has 0 bridgehead atoms. The van der Waals surface area contributed by atoms with Gasteiger partial charge in [-0.1, -0.05) is 12.1 Å². The molecule has 1 amide bonds. The zero-order valence-corrected chi connectivity index (χ0v) is 15.8. The van der Waals surface area contributed by atoms with Gasteiger partial charge < -0.3 is 19.4 Å². The number of methoxy groups -OCH3 is 2. The van der Waals surface area contributed by atoms with Crippen LogP contribution in [0.1, 0.15) is 28.4 Å². The number of esters is 1. The van der Waals surface area contributed by atoms with Crippen molar-refractivity contribution in [3.05, 3.63) is 84.2 Å². The molecule has 0 saturated carbocycles. The Morgan fingerprint density at radius 3 is 2.36 bits per heavy atom. The number of ether oxygens (including phenoxy) is 2. The van der Waals surface area contributed by atoms with Gasteiger partial charge in [0.05, 0.1) is 32.2 Å². The lowest BCUT2D eigenvalue weighted by atomic mass is 10.0. The van der Waals surface area contributed by atoms with Crippen LogP contribution in [0.3, 0.4) is 0 Å². The van der Waals surface area contributed by atoms with Crippen molar-refractivity contribution in [3.63, 3.8) is 0 Å². The smallest absolute Gasteiger partial charge is 0.337 e. The monoisotopic (exact) mass is 378 g/mol. The first-order valence-electron chi connectivity index (χ1n) is 8.85. The number of nitrogens with zero attached hydrogens (tertiary/aromatic N) is 1. The molecule has 2 aromatic carbocycles. The predicted molar refractivity (Wildman–Crippen MR) is 107 cm³/mol. The van der Waals surface area contributed by atoms with E-state index in [-0.39, 0.29) is 18.4 Å². The zero-order valence-electron chi connectivity index (χ0n) is 15.8. The Kier molecular flexibility index (Phi) is 6.11. The maximum absolute atomic E-state index is 12.7. The highest BCUT2D eigenvalue weighted by atomic mass is 16.5. The summed E-state index contributed by atoms with van der Waals surface area (Å²) in [7, 11) is 2.95. The maximum Gasteiger partial charge on any atom is 0.337 e. The number of hydrogen-bond acceptors (Lipinski definition) is 4. The van der Waals surface area contributed by atoms with E-state index in [2.05, 4.69) is 10.1 Å². The van der Waals surface area contributed by atoms with Gasteiger partial charge in [0, 0.05) is 18.1 Å². The third-order valence-corrected chi connectivity index (χ3v) is 4.43. The van der Waals surface area contributed by atoms with Crippen LogP contribution in [0, 0.1) is 0 Å². The summed E-state index contributed by atoms with van der Waals surface area (Å²) in [5, 5.41) is 2.88. The van der Waals surface area contributed by atoms with Crippen molar-refractivity contribution >= 4 is 17.6 Å². The van der Waals surface area contributed by atoms with Gasteiger partial charge in [0.25, 0.3) is 0 Å². The highest BCUT2D eigenvalue weighted by Gasteiger charge is 2.18. The van der Waals surface area contributed by atoms with E-state index in [1.807, 2.05) is 53.4 Å². The van der Waals surface area contributed by atoms with Gasteiger partial charge in [0.15, 0.2) is 0 Å². The molecule has 3 rings (SSSR count). The third kappa shape index (κ3) is 4.59. The molecule has 1 atom stereocenters. The summed E-state index contributed by atoms with van der Waals surface area (Å²) in [6, 6.07) is 18.0. The van der Waals surface area contributed by atoms with Crippen molar-refractivity contribution in [2.24, 2.45) is 0 Å². The van der Waals surface area contributed by atoms with Crippen molar-refractivity contribution in [2.75, 3.05) is 19.5 Å². The number of aromatic nitrogens is 1. The molecule has 0 radical (unpaired) electrons. The first kappa shape index (κ1) is 19.2. The van der Waals surface area contributed by atoms with Crippen LogP contribution in [0.15, 0.2) is 73.1 Å². The van der Waals surface area contributed by atoms with Crippen molar-refractivity contribution in [1.29, 1.82) is 0 Å². The molecule has 3 aromatic rings. The largest absolute Gasteiger partial charge is 0.497 e. The van der Waals surface area contributed by atoms with E-state index < -0.39 is 5.97 Å². The van der Waals surface area contributed by atoms with E-state index in [9.17, 15) is 9.59 Å². The van der Waals surface area contributed by atoms with Gasteiger partial charge in [-0.25, -0.2) is 4.79 Å². The van der Waals surface area contributed by atoms with Crippen LogP contribution in [0.2, 0.25) is 0 Å². The Morgan fingerprint density at radius 1 is 1.00 bits per heavy atom. The standard InChI is InChI=1S/C22H22N2O4/c1-27-19-7-5-6-17(14-19)20(24-12-3-4-13-24)15-21(25)23-18-10-8-16(9-11-18)22(26)28-2/h3-14,20H,15H2,1-2H3,(H,23,25). The number of rotatable bonds is 7.